The highest BCUT2D eigenvalue weighted by molar-refractivity contribution is 5.39. The van der Waals surface area contributed by atoms with E-state index in [-0.39, 0.29) is 0 Å². The van der Waals surface area contributed by atoms with Crippen molar-refractivity contribution in [2.45, 2.75) is 44.2 Å². The van der Waals surface area contributed by atoms with Gasteiger partial charge in [-0.1, -0.05) is 25.3 Å². The van der Waals surface area contributed by atoms with Crippen molar-refractivity contribution in [1.82, 2.24) is 10.2 Å². The molecule has 0 amide bonds. The van der Waals surface area contributed by atoms with Gasteiger partial charge in [0.15, 0.2) is 0 Å². The van der Waals surface area contributed by atoms with Crippen molar-refractivity contribution in [2.24, 2.45) is 0 Å². The molecule has 1 saturated carbocycles. The zero-order valence-electron chi connectivity index (χ0n) is 12.9. The van der Waals surface area contributed by atoms with Crippen molar-refractivity contribution >= 4 is 0 Å². The Morgan fingerprint density at radius 1 is 1.29 bits per heavy atom. The van der Waals surface area contributed by atoms with E-state index >= 15 is 0 Å². The van der Waals surface area contributed by atoms with Crippen LogP contribution in [0, 0.1) is 0 Å². The third-order valence-electron chi connectivity index (χ3n) is 5.12. The maximum absolute atomic E-state index is 10.2. The van der Waals surface area contributed by atoms with Gasteiger partial charge in [0.2, 0.25) is 0 Å². The van der Waals surface area contributed by atoms with E-state index in [2.05, 4.69) is 10.2 Å². The van der Waals surface area contributed by atoms with E-state index in [1.165, 1.54) is 32.1 Å². The molecule has 2 N–H and O–H groups in total. The highest BCUT2D eigenvalue weighted by Gasteiger charge is 2.39. The molecule has 3 rings (SSSR count). The summed E-state index contributed by atoms with van der Waals surface area (Å²) in [5.74, 6) is 1.06. The predicted molar refractivity (Wildman–Crippen MR) is 83.8 cm³/mol. The molecule has 1 aromatic carbocycles. The van der Waals surface area contributed by atoms with Crippen LogP contribution in [0.15, 0.2) is 18.2 Å². The van der Waals surface area contributed by atoms with Gasteiger partial charge < -0.3 is 15.2 Å². The lowest BCUT2D eigenvalue weighted by Crippen LogP contribution is -2.61. The second kappa shape index (κ2) is 6.24. The highest BCUT2D eigenvalue weighted by Crippen LogP contribution is 2.36. The number of nitrogens with zero attached hydrogens (tertiary/aromatic N) is 1. The van der Waals surface area contributed by atoms with Crippen LogP contribution < -0.4 is 10.1 Å². The number of rotatable bonds is 3. The highest BCUT2D eigenvalue weighted by atomic mass is 16.5. The Bertz CT molecular complexity index is 475. The van der Waals surface area contributed by atoms with Crippen LogP contribution >= 0.6 is 0 Å². The number of benzene rings is 1. The summed E-state index contributed by atoms with van der Waals surface area (Å²) < 4.78 is 5.17. The largest absolute Gasteiger partial charge is 0.507 e. The summed E-state index contributed by atoms with van der Waals surface area (Å²) in [5, 5.41) is 13.8. The van der Waals surface area contributed by atoms with Gasteiger partial charge in [0.25, 0.3) is 0 Å². The summed E-state index contributed by atoms with van der Waals surface area (Å²) in [6.07, 6.45) is 6.57. The number of nitrogens with one attached hydrogen (secondary N) is 1. The molecule has 0 bridgehead atoms. The Labute approximate surface area is 127 Å². The number of methoxy groups -OCH3 is 1. The Balaban J connectivity index is 1.78. The summed E-state index contributed by atoms with van der Waals surface area (Å²) in [5.41, 5.74) is 1.30. The van der Waals surface area contributed by atoms with Crippen molar-refractivity contribution in [3.63, 3.8) is 0 Å². The Morgan fingerprint density at radius 2 is 2.10 bits per heavy atom. The van der Waals surface area contributed by atoms with Crippen molar-refractivity contribution in [3.05, 3.63) is 23.8 Å². The van der Waals surface area contributed by atoms with E-state index in [1.807, 2.05) is 12.1 Å². The van der Waals surface area contributed by atoms with E-state index in [4.69, 9.17) is 4.74 Å². The number of phenols is 1. The monoisotopic (exact) mass is 290 g/mol. The summed E-state index contributed by atoms with van der Waals surface area (Å²) in [7, 11) is 1.63. The molecule has 2 fully saturated rings. The van der Waals surface area contributed by atoms with Gasteiger partial charge in [-0.3, -0.25) is 4.90 Å². The number of phenolic OH excluding ortho intramolecular Hbond substituents is 1. The molecule has 0 aromatic heterocycles. The normalized spacial score (nSPS) is 22.3. The molecule has 4 heteroatoms. The van der Waals surface area contributed by atoms with Gasteiger partial charge in [-0.25, -0.2) is 0 Å². The first-order chi connectivity index (χ1) is 10.2. The van der Waals surface area contributed by atoms with Gasteiger partial charge in [0.05, 0.1) is 7.11 Å². The van der Waals surface area contributed by atoms with Crippen molar-refractivity contribution < 1.29 is 9.84 Å². The fourth-order valence-electron chi connectivity index (χ4n) is 3.84. The van der Waals surface area contributed by atoms with Gasteiger partial charge in [0, 0.05) is 43.3 Å². The molecule has 1 aliphatic heterocycles. The second-order valence-corrected chi connectivity index (χ2v) is 6.38. The fourth-order valence-corrected chi connectivity index (χ4v) is 3.84. The van der Waals surface area contributed by atoms with Gasteiger partial charge in [-0.2, -0.15) is 0 Å². The number of hydrogen-bond donors (Lipinski definition) is 2. The van der Waals surface area contributed by atoms with Crippen LogP contribution in [0.5, 0.6) is 11.5 Å². The van der Waals surface area contributed by atoms with E-state index in [0.29, 0.717) is 17.0 Å². The van der Waals surface area contributed by atoms with Crippen molar-refractivity contribution in [3.8, 4) is 11.5 Å². The average Bonchev–Trinajstić information content (AvgIpc) is 2.52. The summed E-state index contributed by atoms with van der Waals surface area (Å²) in [6.45, 7) is 4.02. The van der Waals surface area contributed by atoms with E-state index < -0.39 is 0 Å². The maximum atomic E-state index is 10.2. The maximum Gasteiger partial charge on any atom is 0.123 e. The van der Waals surface area contributed by atoms with Gasteiger partial charge in [-0.05, 0) is 18.9 Å². The zero-order chi connectivity index (χ0) is 14.7. The molecule has 1 spiro atoms. The molecule has 1 heterocycles. The van der Waals surface area contributed by atoms with Crippen molar-refractivity contribution in [1.29, 1.82) is 0 Å². The third-order valence-corrected chi connectivity index (χ3v) is 5.12. The quantitative estimate of drug-likeness (QED) is 0.898. The second-order valence-electron chi connectivity index (χ2n) is 6.38. The Morgan fingerprint density at radius 3 is 2.81 bits per heavy atom. The summed E-state index contributed by atoms with van der Waals surface area (Å²) >= 11 is 0. The van der Waals surface area contributed by atoms with Crippen LogP contribution in [0.1, 0.15) is 37.7 Å². The molecule has 1 aromatic rings. The van der Waals surface area contributed by atoms with Crippen LogP contribution in [0.25, 0.3) is 0 Å². The minimum absolute atomic E-state index is 0.295. The molecule has 0 atom stereocenters. The molecule has 21 heavy (non-hydrogen) atoms. The molecule has 4 nitrogen and oxygen atoms in total. The summed E-state index contributed by atoms with van der Waals surface area (Å²) in [6, 6.07) is 5.64. The minimum atomic E-state index is 0.295. The van der Waals surface area contributed by atoms with Crippen LogP contribution in [0.4, 0.5) is 0 Å². The fraction of sp³-hybridized carbons (Fsp3) is 0.647. The smallest absolute Gasteiger partial charge is 0.123 e. The number of ether oxygens (including phenoxy) is 1. The third kappa shape index (κ3) is 3.01. The first-order valence-corrected chi connectivity index (χ1v) is 8.05. The van der Waals surface area contributed by atoms with Crippen LogP contribution in [0.2, 0.25) is 0 Å². The van der Waals surface area contributed by atoms with E-state index in [9.17, 15) is 5.11 Å². The SMILES string of the molecule is COc1ccc(CN2CCNCC23CCCCC3)c(O)c1. The number of piperazine rings is 1. The summed E-state index contributed by atoms with van der Waals surface area (Å²) in [4.78, 5) is 2.59. The molecule has 1 saturated heterocycles. The molecule has 2 aliphatic rings. The average molecular weight is 290 g/mol. The zero-order valence-corrected chi connectivity index (χ0v) is 12.9. The lowest BCUT2D eigenvalue weighted by Gasteiger charge is -2.50. The first kappa shape index (κ1) is 14.7. The first-order valence-electron chi connectivity index (χ1n) is 8.05. The van der Waals surface area contributed by atoms with Gasteiger partial charge >= 0.3 is 0 Å². The number of aromatic hydroxyl groups is 1. The molecular weight excluding hydrogens is 264 g/mol. The lowest BCUT2D eigenvalue weighted by atomic mass is 9.79. The van der Waals surface area contributed by atoms with Crippen LogP contribution in [0.3, 0.4) is 0 Å². The van der Waals surface area contributed by atoms with Gasteiger partial charge in [-0.15, -0.1) is 0 Å². The van der Waals surface area contributed by atoms with Crippen LogP contribution in [-0.2, 0) is 6.54 Å². The number of hydrogen-bond acceptors (Lipinski definition) is 4. The van der Waals surface area contributed by atoms with E-state index in [1.54, 1.807) is 13.2 Å². The van der Waals surface area contributed by atoms with Crippen molar-refractivity contribution in [2.75, 3.05) is 26.7 Å². The predicted octanol–water partition coefficient (Wildman–Crippen LogP) is 2.51. The molecule has 1 aliphatic carbocycles. The Kier molecular flexibility index (Phi) is 4.36. The minimum Gasteiger partial charge on any atom is -0.507 e. The van der Waals surface area contributed by atoms with Crippen LogP contribution in [-0.4, -0.2) is 42.3 Å². The topological polar surface area (TPSA) is 44.7 Å². The van der Waals surface area contributed by atoms with E-state index in [0.717, 1.165) is 31.7 Å². The Hall–Kier alpha value is -1.26. The molecular formula is C17H26N2O2. The van der Waals surface area contributed by atoms with Gasteiger partial charge in [0.1, 0.15) is 11.5 Å². The molecule has 0 unspecified atom stereocenters. The molecule has 116 valence electrons. The lowest BCUT2D eigenvalue weighted by molar-refractivity contribution is 0.0204. The standard InChI is InChI=1S/C17H26N2O2/c1-21-15-6-5-14(16(20)11-15)12-19-10-9-18-13-17(19)7-3-2-4-8-17/h5-6,11,18,20H,2-4,7-10,12-13H2,1H3. The molecule has 0 radical (unpaired) electrons.